The highest BCUT2D eigenvalue weighted by Crippen LogP contribution is 2.33. The lowest BCUT2D eigenvalue weighted by Crippen LogP contribution is -2.37. The summed E-state index contributed by atoms with van der Waals surface area (Å²) in [4.78, 5) is 11.4. The summed E-state index contributed by atoms with van der Waals surface area (Å²) in [5.74, 6) is 0.830. The molecule has 0 aromatic heterocycles. The molecule has 0 spiro atoms. The van der Waals surface area contributed by atoms with E-state index in [1.807, 2.05) is 0 Å². The van der Waals surface area contributed by atoms with Crippen molar-refractivity contribution in [3.63, 3.8) is 0 Å². The van der Waals surface area contributed by atoms with Gasteiger partial charge in [0.2, 0.25) is 5.91 Å². The predicted molar refractivity (Wildman–Crippen MR) is 59.4 cm³/mol. The van der Waals surface area contributed by atoms with Crippen LogP contribution in [-0.2, 0) is 9.53 Å². The molecule has 88 valence electrons. The van der Waals surface area contributed by atoms with Crippen molar-refractivity contribution in [2.24, 2.45) is 11.7 Å². The number of ether oxygens (including phenoxy) is 1. The van der Waals surface area contributed by atoms with Gasteiger partial charge in [0.05, 0.1) is 6.61 Å². The molecule has 0 radical (unpaired) electrons. The third kappa shape index (κ3) is 5.74. The number of amides is 1. The van der Waals surface area contributed by atoms with Crippen LogP contribution in [0.4, 0.5) is 0 Å². The molecule has 1 aliphatic rings. The number of hydrogen-bond acceptors (Lipinski definition) is 3. The van der Waals surface area contributed by atoms with E-state index in [0.29, 0.717) is 19.2 Å². The van der Waals surface area contributed by atoms with E-state index < -0.39 is 0 Å². The quantitative estimate of drug-likeness (QED) is 0.583. The summed E-state index contributed by atoms with van der Waals surface area (Å²) in [6.45, 7) is 3.16. The van der Waals surface area contributed by atoms with Crippen molar-refractivity contribution < 1.29 is 9.53 Å². The van der Waals surface area contributed by atoms with Crippen molar-refractivity contribution in [1.82, 2.24) is 5.32 Å². The normalized spacial score (nSPS) is 17.5. The van der Waals surface area contributed by atoms with Crippen LogP contribution in [0.2, 0.25) is 0 Å². The highest BCUT2D eigenvalue weighted by atomic mass is 16.5. The Morgan fingerprint density at radius 3 is 2.87 bits per heavy atom. The second-order valence-corrected chi connectivity index (χ2v) is 4.19. The zero-order chi connectivity index (χ0) is 11.1. The molecule has 1 aliphatic carbocycles. The predicted octanol–water partition coefficient (Wildman–Crippen LogP) is 0.657. The fourth-order valence-corrected chi connectivity index (χ4v) is 1.60. The van der Waals surface area contributed by atoms with Gasteiger partial charge in [0.15, 0.2) is 0 Å². The molecule has 0 saturated heterocycles. The van der Waals surface area contributed by atoms with Crippen molar-refractivity contribution in [3.8, 4) is 0 Å². The molecule has 0 aromatic carbocycles. The summed E-state index contributed by atoms with van der Waals surface area (Å²) in [6.07, 6.45) is 4.78. The van der Waals surface area contributed by atoms with Gasteiger partial charge in [0.1, 0.15) is 6.61 Å². The van der Waals surface area contributed by atoms with Crippen LogP contribution in [0, 0.1) is 5.92 Å². The Bertz CT molecular complexity index is 193. The zero-order valence-electron chi connectivity index (χ0n) is 9.50. The van der Waals surface area contributed by atoms with Crippen LogP contribution in [0.15, 0.2) is 0 Å². The van der Waals surface area contributed by atoms with E-state index in [1.165, 1.54) is 12.8 Å². The smallest absolute Gasteiger partial charge is 0.246 e. The second kappa shape index (κ2) is 6.80. The van der Waals surface area contributed by atoms with Crippen LogP contribution in [0.5, 0.6) is 0 Å². The fraction of sp³-hybridized carbons (Fsp3) is 0.909. The maximum Gasteiger partial charge on any atom is 0.246 e. The van der Waals surface area contributed by atoms with Gasteiger partial charge in [-0.3, -0.25) is 4.79 Å². The standard InChI is InChI=1S/C11H22N2O2/c1-2-10(7-9-3-4-9)13-11(14)8-15-6-5-12/h9-10H,2-8,12H2,1H3,(H,13,14). The van der Waals surface area contributed by atoms with Gasteiger partial charge < -0.3 is 15.8 Å². The van der Waals surface area contributed by atoms with E-state index >= 15 is 0 Å². The molecule has 0 aliphatic heterocycles. The Hall–Kier alpha value is -0.610. The second-order valence-electron chi connectivity index (χ2n) is 4.19. The topological polar surface area (TPSA) is 64.3 Å². The number of nitrogens with one attached hydrogen (secondary N) is 1. The van der Waals surface area contributed by atoms with Gasteiger partial charge in [-0.1, -0.05) is 19.8 Å². The summed E-state index contributed by atoms with van der Waals surface area (Å²) in [5, 5.41) is 2.99. The largest absolute Gasteiger partial charge is 0.370 e. The first-order valence-electron chi connectivity index (χ1n) is 5.83. The molecule has 4 heteroatoms. The lowest BCUT2D eigenvalue weighted by atomic mass is 10.1. The Kier molecular flexibility index (Phi) is 5.65. The molecule has 0 heterocycles. The Morgan fingerprint density at radius 2 is 2.33 bits per heavy atom. The third-order valence-electron chi connectivity index (χ3n) is 2.67. The van der Waals surface area contributed by atoms with E-state index in [9.17, 15) is 4.79 Å². The Labute approximate surface area is 91.5 Å². The lowest BCUT2D eigenvalue weighted by molar-refractivity contribution is -0.126. The van der Waals surface area contributed by atoms with E-state index in [-0.39, 0.29) is 12.5 Å². The molecule has 4 nitrogen and oxygen atoms in total. The molecule has 0 aromatic rings. The van der Waals surface area contributed by atoms with Crippen LogP contribution in [0.25, 0.3) is 0 Å². The summed E-state index contributed by atoms with van der Waals surface area (Å²) in [7, 11) is 0. The SMILES string of the molecule is CCC(CC1CC1)NC(=O)COCCN. The highest BCUT2D eigenvalue weighted by Gasteiger charge is 2.25. The van der Waals surface area contributed by atoms with Crippen LogP contribution in [0.3, 0.4) is 0 Å². The molecule has 1 unspecified atom stereocenters. The summed E-state index contributed by atoms with van der Waals surface area (Å²) < 4.78 is 5.07. The molecule has 1 atom stereocenters. The minimum absolute atomic E-state index is 0.0176. The van der Waals surface area contributed by atoms with Gasteiger partial charge in [-0.25, -0.2) is 0 Å². The van der Waals surface area contributed by atoms with Crippen LogP contribution < -0.4 is 11.1 Å². The first-order chi connectivity index (χ1) is 7.26. The monoisotopic (exact) mass is 214 g/mol. The molecule has 3 N–H and O–H groups in total. The highest BCUT2D eigenvalue weighted by molar-refractivity contribution is 5.77. The maximum atomic E-state index is 11.4. The van der Waals surface area contributed by atoms with Gasteiger partial charge in [-0.2, -0.15) is 0 Å². The molecule has 0 bridgehead atoms. The van der Waals surface area contributed by atoms with Gasteiger partial charge in [0, 0.05) is 12.6 Å². The molecule has 1 fully saturated rings. The summed E-state index contributed by atoms with van der Waals surface area (Å²) in [6, 6.07) is 0.325. The van der Waals surface area contributed by atoms with Crippen molar-refractivity contribution in [1.29, 1.82) is 0 Å². The molecule has 1 saturated carbocycles. The third-order valence-corrected chi connectivity index (χ3v) is 2.67. The van der Waals surface area contributed by atoms with Crippen LogP contribution in [-0.4, -0.2) is 31.7 Å². The average Bonchev–Trinajstić information content (AvgIpc) is 3.01. The lowest BCUT2D eigenvalue weighted by Gasteiger charge is -2.16. The van der Waals surface area contributed by atoms with Crippen molar-refractivity contribution >= 4 is 5.91 Å². The molecule has 15 heavy (non-hydrogen) atoms. The van der Waals surface area contributed by atoms with E-state index in [1.54, 1.807) is 0 Å². The summed E-state index contributed by atoms with van der Waals surface area (Å²) >= 11 is 0. The minimum Gasteiger partial charge on any atom is -0.370 e. The summed E-state index contributed by atoms with van der Waals surface area (Å²) in [5.41, 5.74) is 5.26. The Morgan fingerprint density at radius 1 is 1.60 bits per heavy atom. The van der Waals surface area contributed by atoms with Gasteiger partial charge in [0.25, 0.3) is 0 Å². The van der Waals surface area contributed by atoms with E-state index in [4.69, 9.17) is 10.5 Å². The fourth-order valence-electron chi connectivity index (χ4n) is 1.60. The number of hydrogen-bond donors (Lipinski definition) is 2. The first-order valence-corrected chi connectivity index (χ1v) is 5.83. The molecule has 1 amide bonds. The number of nitrogens with two attached hydrogens (primary N) is 1. The maximum absolute atomic E-state index is 11.4. The van der Waals surface area contributed by atoms with Gasteiger partial charge in [-0.05, 0) is 18.8 Å². The first kappa shape index (κ1) is 12.5. The Balaban J connectivity index is 2.09. The van der Waals surface area contributed by atoms with Crippen molar-refractivity contribution in [3.05, 3.63) is 0 Å². The van der Waals surface area contributed by atoms with Crippen LogP contribution in [0.1, 0.15) is 32.6 Å². The zero-order valence-corrected chi connectivity index (χ0v) is 9.50. The molecular weight excluding hydrogens is 192 g/mol. The number of carbonyl (C=O) groups excluding carboxylic acids is 1. The van der Waals surface area contributed by atoms with Crippen molar-refractivity contribution in [2.45, 2.75) is 38.6 Å². The average molecular weight is 214 g/mol. The minimum atomic E-state index is -0.0176. The molecule has 1 rings (SSSR count). The van der Waals surface area contributed by atoms with Crippen LogP contribution >= 0.6 is 0 Å². The van der Waals surface area contributed by atoms with Gasteiger partial charge >= 0.3 is 0 Å². The van der Waals surface area contributed by atoms with E-state index in [0.717, 1.165) is 18.8 Å². The van der Waals surface area contributed by atoms with Gasteiger partial charge in [-0.15, -0.1) is 0 Å². The van der Waals surface area contributed by atoms with E-state index in [2.05, 4.69) is 12.2 Å². The number of rotatable bonds is 8. The molecular formula is C11H22N2O2. The van der Waals surface area contributed by atoms with Crippen molar-refractivity contribution in [2.75, 3.05) is 19.8 Å². The number of carbonyl (C=O) groups is 1.